The smallest absolute Gasteiger partial charge is 0.251 e. The molecular weight excluding hydrogens is 978 g/mol. The summed E-state index contributed by atoms with van der Waals surface area (Å²) in [6, 6.07) is 81.0. The molecule has 12 aromatic rings. The van der Waals surface area contributed by atoms with Gasteiger partial charge >= 0.3 is 0 Å². The summed E-state index contributed by atoms with van der Waals surface area (Å²) in [5, 5.41) is 10.2. The molecule has 2 aromatic heterocycles. The lowest BCUT2D eigenvalue weighted by molar-refractivity contribution is 0.195. The largest absolute Gasteiger partial charge is 0.456 e. The van der Waals surface area contributed by atoms with Crippen molar-refractivity contribution in [1.82, 2.24) is 0 Å². The lowest BCUT2D eigenvalue weighted by Gasteiger charge is -2.53. The molecule has 4 aliphatic heterocycles. The molecule has 5 aliphatic rings. The second-order valence-corrected chi connectivity index (χ2v) is 28.4. The highest BCUT2D eigenvalue weighted by Gasteiger charge is 2.60. The second kappa shape index (κ2) is 15.8. The SMILES string of the molecule is CC(C)(C)c1ccc2c(c1)C1(C)CCCCC1(C)N2c1cc2c3c(c1)N(c1ccc4c(c1)oc1ccccc14)c1cccc4c1B3c1c(cccc1[Si]4(c1ccccc1)c1ccccc1)N2c1ccc2c(c1)oc1ccccc12. The molecule has 2 atom stereocenters. The molecule has 0 bridgehead atoms. The molecule has 0 saturated heterocycles. The fourth-order valence-corrected chi connectivity index (χ4v) is 21.3. The summed E-state index contributed by atoms with van der Waals surface area (Å²) in [5.74, 6) is 0. The highest BCUT2D eigenvalue weighted by atomic mass is 28.3. The molecule has 1 fully saturated rings. The Hall–Kier alpha value is -8.52. The molecule has 79 heavy (non-hydrogen) atoms. The van der Waals surface area contributed by atoms with Crippen molar-refractivity contribution in [2.75, 3.05) is 14.7 Å². The van der Waals surface area contributed by atoms with Crippen molar-refractivity contribution >= 4 is 141 Å². The maximum atomic E-state index is 6.81. The Bertz CT molecular complexity index is 4340. The van der Waals surface area contributed by atoms with Crippen LogP contribution in [0, 0.1) is 0 Å². The van der Waals surface area contributed by atoms with Gasteiger partial charge in [-0.3, -0.25) is 0 Å². The van der Waals surface area contributed by atoms with Crippen LogP contribution in [0.15, 0.2) is 221 Å². The third-order valence-corrected chi connectivity index (χ3v) is 24.7. The quantitative estimate of drug-likeness (QED) is 0.161. The maximum absolute atomic E-state index is 6.81. The van der Waals surface area contributed by atoms with Gasteiger partial charge in [-0.15, -0.1) is 0 Å². The fourth-order valence-electron chi connectivity index (χ4n) is 16.0. The van der Waals surface area contributed by atoms with Gasteiger partial charge in [0.25, 0.3) is 6.71 Å². The number of hydrogen-bond acceptors (Lipinski definition) is 5. The second-order valence-electron chi connectivity index (χ2n) is 24.6. The molecule has 17 rings (SSSR count). The molecule has 0 spiro atoms. The number of nitrogens with zero attached hydrogens (tertiary/aromatic N) is 3. The van der Waals surface area contributed by atoms with E-state index in [4.69, 9.17) is 8.83 Å². The molecule has 5 nitrogen and oxygen atoms in total. The number of para-hydroxylation sites is 2. The minimum atomic E-state index is -3.07. The number of rotatable bonds is 5. The number of fused-ring (bicyclic) bond motifs is 9. The van der Waals surface area contributed by atoms with E-state index < -0.39 is 8.07 Å². The third-order valence-electron chi connectivity index (χ3n) is 19.8. The van der Waals surface area contributed by atoms with Gasteiger partial charge in [0, 0.05) is 84.6 Å². The standard InChI is InChI=1S/C72H58BN3O2Si/c1-70(2,3)45-32-37-56-55(40-45)71(4)38-16-17-39-72(71,5)76(56)48-41-59-67-60(42-48)75(47-34-36-54-52-25-13-15-29-62(52)78-64(54)44-47)58-27-19-31-66-69(58)73(67)68-57(74(59)46-33-35-53-51-24-12-14-28-61(51)77-63(53)43-46)26-18-30-65(68)79(66,49-20-8-6-9-21-49)50-22-10-7-11-23-50/h6-15,18-37,40-44H,16-17,38-39H2,1-5H3. The van der Waals surface area contributed by atoms with E-state index in [1.165, 1.54) is 95.2 Å². The van der Waals surface area contributed by atoms with Crippen molar-refractivity contribution < 1.29 is 8.83 Å². The normalized spacial score (nSPS) is 19.4. The van der Waals surface area contributed by atoms with E-state index in [1.807, 2.05) is 0 Å². The Morgan fingerprint density at radius 1 is 0.430 bits per heavy atom. The van der Waals surface area contributed by atoms with Gasteiger partial charge in [0.1, 0.15) is 22.3 Å². The van der Waals surface area contributed by atoms with Crippen LogP contribution in [0.5, 0.6) is 0 Å². The van der Waals surface area contributed by atoms with E-state index in [2.05, 4.69) is 262 Å². The Morgan fingerprint density at radius 2 is 0.937 bits per heavy atom. The topological polar surface area (TPSA) is 36.0 Å². The summed E-state index contributed by atoms with van der Waals surface area (Å²) in [4.78, 5) is 8.05. The first-order valence-corrected chi connectivity index (χ1v) is 30.5. The monoisotopic (exact) mass is 1040 g/mol. The van der Waals surface area contributed by atoms with Crippen LogP contribution in [0.3, 0.4) is 0 Å². The van der Waals surface area contributed by atoms with Crippen LogP contribution in [0.25, 0.3) is 43.9 Å². The zero-order valence-corrected chi connectivity index (χ0v) is 46.3. The molecule has 6 heterocycles. The molecule has 10 aromatic carbocycles. The van der Waals surface area contributed by atoms with E-state index in [9.17, 15) is 0 Å². The van der Waals surface area contributed by atoms with E-state index in [0.717, 1.165) is 68.1 Å². The minimum Gasteiger partial charge on any atom is -0.456 e. The first-order valence-electron chi connectivity index (χ1n) is 28.5. The fraction of sp³-hybridized carbons (Fsp3) is 0.167. The van der Waals surface area contributed by atoms with Gasteiger partial charge in [-0.1, -0.05) is 174 Å². The van der Waals surface area contributed by atoms with Gasteiger partial charge in [-0.2, -0.15) is 0 Å². The Labute approximate surface area is 462 Å². The first kappa shape index (κ1) is 45.5. The third kappa shape index (κ3) is 5.85. The lowest BCUT2D eigenvalue weighted by atomic mass is 9.33. The molecule has 1 aliphatic carbocycles. The van der Waals surface area contributed by atoms with Crippen LogP contribution in [0.1, 0.15) is 71.4 Å². The van der Waals surface area contributed by atoms with Crippen molar-refractivity contribution in [1.29, 1.82) is 0 Å². The average molecular weight is 1040 g/mol. The minimum absolute atomic E-state index is 0.0166. The Balaban J connectivity index is 1.03. The average Bonchev–Trinajstić information content (AvgIpc) is 3.00. The predicted molar refractivity (Wildman–Crippen MR) is 334 cm³/mol. The van der Waals surface area contributed by atoms with Gasteiger partial charge in [0.2, 0.25) is 0 Å². The zero-order valence-electron chi connectivity index (χ0n) is 45.3. The van der Waals surface area contributed by atoms with Gasteiger partial charge < -0.3 is 23.5 Å². The highest BCUT2D eigenvalue weighted by molar-refractivity contribution is 7.27. The Kier molecular flexibility index (Phi) is 9.12. The summed E-state index contributed by atoms with van der Waals surface area (Å²) >= 11 is 0. The molecule has 0 N–H and O–H groups in total. The molecule has 380 valence electrons. The number of hydrogen-bond donors (Lipinski definition) is 0. The summed E-state index contributed by atoms with van der Waals surface area (Å²) < 4.78 is 13.6. The van der Waals surface area contributed by atoms with Crippen molar-refractivity contribution in [3.8, 4) is 0 Å². The van der Waals surface area contributed by atoms with E-state index in [0.29, 0.717) is 0 Å². The number of furan rings is 2. The van der Waals surface area contributed by atoms with Gasteiger partial charge in [0.05, 0.1) is 5.54 Å². The molecule has 2 unspecified atom stereocenters. The lowest BCUT2D eigenvalue weighted by Crippen LogP contribution is -2.88. The summed E-state index contributed by atoms with van der Waals surface area (Å²) in [6.07, 6.45) is 4.66. The number of benzene rings is 10. The van der Waals surface area contributed by atoms with Crippen LogP contribution in [-0.2, 0) is 10.8 Å². The predicted octanol–water partition coefficient (Wildman–Crippen LogP) is 14.3. The van der Waals surface area contributed by atoms with E-state index in [1.54, 1.807) is 0 Å². The summed E-state index contributed by atoms with van der Waals surface area (Å²) in [5.41, 5.74) is 19.8. The summed E-state index contributed by atoms with van der Waals surface area (Å²) in [6.45, 7) is 12.2. The molecule has 0 radical (unpaired) electrons. The molecule has 7 heteroatoms. The zero-order chi connectivity index (χ0) is 52.7. The van der Waals surface area contributed by atoms with E-state index in [-0.39, 0.29) is 23.1 Å². The van der Waals surface area contributed by atoms with Crippen LogP contribution < -0.4 is 51.8 Å². The van der Waals surface area contributed by atoms with Crippen molar-refractivity contribution in [3.05, 3.63) is 223 Å². The van der Waals surface area contributed by atoms with Crippen molar-refractivity contribution in [2.45, 2.75) is 76.7 Å². The molecular formula is C72H58BN3O2Si. The summed E-state index contributed by atoms with van der Waals surface area (Å²) in [7, 11) is -3.07. The highest BCUT2D eigenvalue weighted by Crippen LogP contribution is 2.62. The van der Waals surface area contributed by atoms with Gasteiger partial charge in [-0.05, 0) is 140 Å². The number of anilines is 8. The van der Waals surface area contributed by atoms with Crippen LogP contribution >= 0.6 is 0 Å². The van der Waals surface area contributed by atoms with Gasteiger partial charge in [-0.25, -0.2) is 0 Å². The molecule has 1 saturated carbocycles. The molecule has 0 amide bonds. The van der Waals surface area contributed by atoms with Crippen LogP contribution in [-0.4, -0.2) is 20.3 Å². The van der Waals surface area contributed by atoms with Crippen molar-refractivity contribution in [2.24, 2.45) is 0 Å². The van der Waals surface area contributed by atoms with Gasteiger partial charge in [0.15, 0.2) is 8.07 Å². The van der Waals surface area contributed by atoms with E-state index >= 15 is 0 Å². The Morgan fingerprint density at radius 3 is 1.48 bits per heavy atom. The van der Waals surface area contributed by atoms with Crippen LogP contribution in [0.4, 0.5) is 45.5 Å². The maximum Gasteiger partial charge on any atom is 0.251 e. The van der Waals surface area contributed by atoms with Crippen LogP contribution in [0.2, 0.25) is 0 Å². The van der Waals surface area contributed by atoms with Crippen molar-refractivity contribution in [3.63, 3.8) is 0 Å². The first-order chi connectivity index (χ1) is 38.5.